The van der Waals surface area contributed by atoms with Gasteiger partial charge in [-0.05, 0) is 60.2 Å². The van der Waals surface area contributed by atoms with Crippen molar-refractivity contribution >= 4 is 45.6 Å². The molecule has 3 aromatic heterocycles. The number of rotatable bonds is 6. The molecule has 192 valence electrons. The van der Waals surface area contributed by atoms with Crippen LogP contribution in [0.3, 0.4) is 0 Å². The van der Waals surface area contributed by atoms with Crippen LogP contribution in [0.1, 0.15) is 11.1 Å². The van der Waals surface area contributed by atoms with Gasteiger partial charge in [0.05, 0.1) is 17.1 Å². The minimum atomic E-state index is -4.44. The second kappa shape index (κ2) is 10.4. The molecule has 5 rings (SSSR count). The Balaban J connectivity index is 1.37. The molecule has 5 aromatic rings. The average molecular weight is 535 g/mol. The number of hydrogen-bond donors (Lipinski definition) is 3. The van der Waals surface area contributed by atoms with Gasteiger partial charge in [-0.1, -0.05) is 18.2 Å². The number of thiocarbonyl (C=S) groups is 1. The Morgan fingerprint density at radius 3 is 2.39 bits per heavy atom. The topological polar surface area (TPSA) is 92.6 Å². The van der Waals surface area contributed by atoms with Crippen molar-refractivity contribution in [2.24, 2.45) is 7.05 Å². The molecular weight excluding hydrogens is 513 g/mol. The molecule has 0 atom stereocenters. The number of benzene rings is 2. The van der Waals surface area contributed by atoms with Crippen molar-refractivity contribution in [2.75, 3.05) is 16.0 Å². The minimum absolute atomic E-state index is 0.143. The first-order valence-corrected chi connectivity index (χ1v) is 11.9. The van der Waals surface area contributed by atoms with Crippen molar-refractivity contribution in [1.82, 2.24) is 24.7 Å². The van der Waals surface area contributed by atoms with Crippen LogP contribution in [0.25, 0.3) is 22.4 Å². The molecular formula is C26H21F3N8S. The van der Waals surface area contributed by atoms with Crippen molar-refractivity contribution in [3.63, 3.8) is 0 Å². The van der Waals surface area contributed by atoms with Crippen LogP contribution in [0.5, 0.6) is 0 Å². The van der Waals surface area contributed by atoms with Gasteiger partial charge in [0.2, 0.25) is 0 Å². The molecule has 0 amide bonds. The van der Waals surface area contributed by atoms with Crippen LogP contribution in [0.2, 0.25) is 0 Å². The highest BCUT2D eigenvalue weighted by molar-refractivity contribution is 7.80. The van der Waals surface area contributed by atoms with Gasteiger partial charge in [0.25, 0.3) is 0 Å². The van der Waals surface area contributed by atoms with E-state index < -0.39 is 11.7 Å². The number of hydrogen-bond acceptors (Lipinski definition) is 6. The maximum Gasteiger partial charge on any atom is 0.416 e. The van der Waals surface area contributed by atoms with Crippen LogP contribution in [0.15, 0.2) is 79.3 Å². The fraction of sp³-hybridized carbons (Fsp3) is 0.115. The highest BCUT2D eigenvalue weighted by Gasteiger charge is 2.30. The lowest BCUT2D eigenvalue weighted by Gasteiger charge is -2.13. The number of alkyl halides is 3. The number of fused-ring (bicyclic) bond motifs is 1. The molecule has 3 heterocycles. The van der Waals surface area contributed by atoms with Crippen molar-refractivity contribution < 1.29 is 13.2 Å². The van der Waals surface area contributed by atoms with E-state index in [1.165, 1.54) is 12.1 Å². The zero-order valence-corrected chi connectivity index (χ0v) is 20.8. The Kier molecular flexibility index (Phi) is 6.88. The lowest BCUT2D eigenvalue weighted by atomic mass is 10.2. The Bertz CT molecular complexity index is 1600. The molecule has 0 saturated carbocycles. The van der Waals surface area contributed by atoms with Crippen LogP contribution >= 0.6 is 12.2 Å². The molecule has 0 aliphatic heterocycles. The van der Waals surface area contributed by atoms with E-state index in [1.54, 1.807) is 29.3 Å². The molecule has 3 N–H and O–H groups in total. The van der Waals surface area contributed by atoms with E-state index in [4.69, 9.17) is 22.2 Å². The lowest BCUT2D eigenvalue weighted by molar-refractivity contribution is -0.137. The molecule has 0 unspecified atom stereocenters. The summed E-state index contributed by atoms with van der Waals surface area (Å²) >= 11 is 5.32. The highest BCUT2D eigenvalue weighted by atomic mass is 32.1. The predicted octanol–water partition coefficient (Wildman–Crippen LogP) is 5.87. The SMILES string of the molecule is Cn1ncc2c(NCc3ccncc3)nc(-c3cccc(NC(=S)Nc4cccc(C(F)(F)F)c4)c3)nc21. The molecule has 0 fully saturated rings. The summed E-state index contributed by atoms with van der Waals surface area (Å²) in [5.41, 5.74) is 2.50. The number of anilines is 3. The molecule has 0 aliphatic carbocycles. The molecule has 8 nitrogen and oxygen atoms in total. The van der Waals surface area contributed by atoms with E-state index >= 15 is 0 Å². The standard InChI is InChI=1S/C26H21F3N8S/c1-37-24-21(15-32-37)23(31-14-16-8-10-30-11-9-16)35-22(36-24)17-4-2-6-19(12-17)33-25(38)34-20-7-3-5-18(13-20)26(27,28)29/h2-13,15H,14H2,1H3,(H,31,35,36)(H2,33,34,38). The molecule has 0 spiro atoms. The van der Waals surface area contributed by atoms with Gasteiger partial charge < -0.3 is 16.0 Å². The summed E-state index contributed by atoms with van der Waals surface area (Å²) in [5.74, 6) is 1.11. The van der Waals surface area contributed by atoms with Gasteiger partial charge in [-0.15, -0.1) is 0 Å². The minimum Gasteiger partial charge on any atom is -0.365 e. The monoisotopic (exact) mass is 534 g/mol. The summed E-state index contributed by atoms with van der Waals surface area (Å²) in [6.07, 6.45) is 0.728. The van der Waals surface area contributed by atoms with Crippen molar-refractivity contribution in [3.8, 4) is 11.4 Å². The number of aromatic nitrogens is 5. The van der Waals surface area contributed by atoms with E-state index in [9.17, 15) is 13.2 Å². The lowest BCUT2D eigenvalue weighted by Crippen LogP contribution is -2.19. The van der Waals surface area contributed by atoms with Gasteiger partial charge >= 0.3 is 6.18 Å². The maximum absolute atomic E-state index is 13.0. The first-order valence-electron chi connectivity index (χ1n) is 11.4. The van der Waals surface area contributed by atoms with E-state index in [0.717, 1.165) is 23.1 Å². The number of halogens is 3. The van der Waals surface area contributed by atoms with Gasteiger partial charge in [-0.3, -0.25) is 9.67 Å². The van der Waals surface area contributed by atoms with Crippen molar-refractivity contribution in [3.05, 3.63) is 90.4 Å². The predicted molar refractivity (Wildman–Crippen MR) is 145 cm³/mol. The fourth-order valence-corrected chi connectivity index (χ4v) is 4.01. The van der Waals surface area contributed by atoms with Gasteiger partial charge in [0.15, 0.2) is 16.6 Å². The van der Waals surface area contributed by atoms with Gasteiger partial charge in [0, 0.05) is 42.9 Å². The summed E-state index contributed by atoms with van der Waals surface area (Å²) in [6, 6.07) is 15.9. The van der Waals surface area contributed by atoms with Crippen LogP contribution < -0.4 is 16.0 Å². The van der Waals surface area contributed by atoms with E-state index in [0.29, 0.717) is 35.1 Å². The summed E-state index contributed by atoms with van der Waals surface area (Å²) in [5, 5.41) is 14.4. The third-order valence-electron chi connectivity index (χ3n) is 5.63. The molecule has 0 aliphatic rings. The summed E-state index contributed by atoms with van der Waals surface area (Å²) in [7, 11) is 1.81. The Morgan fingerprint density at radius 2 is 1.66 bits per heavy atom. The summed E-state index contributed by atoms with van der Waals surface area (Å²) < 4.78 is 40.7. The largest absolute Gasteiger partial charge is 0.416 e. The molecule has 12 heteroatoms. The van der Waals surface area contributed by atoms with Gasteiger partial charge in [-0.25, -0.2) is 9.97 Å². The molecule has 0 saturated heterocycles. The van der Waals surface area contributed by atoms with Gasteiger partial charge in [-0.2, -0.15) is 18.3 Å². The van der Waals surface area contributed by atoms with E-state index in [1.807, 2.05) is 37.4 Å². The maximum atomic E-state index is 13.0. The average Bonchev–Trinajstić information content (AvgIpc) is 3.28. The van der Waals surface area contributed by atoms with Crippen LogP contribution in [-0.4, -0.2) is 29.8 Å². The highest BCUT2D eigenvalue weighted by Crippen LogP contribution is 2.31. The Hall–Kier alpha value is -4.58. The Labute approximate surface area is 221 Å². The third-order valence-corrected chi connectivity index (χ3v) is 5.83. The van der Waals surface area contributed by atoms with Crippen LogP contribution in [0, 0.1) is 0 Å². The quantitative estimate of drug-likeness (QED) is 0.233. The molecule has 0 bridgehead atoms. The number of pyridine rings is 1. The fourth-order valence-electron chi connectivity index (χ4n) is 3.78. The van der Waals surface area contributed by atoms with Crippen LogP contribution in [-0.2, 0) is 19.8 Å². The molecule has 2 aromatic carbocycles. The van der Waals surface area contributed by atoms with Crippen molar-refractivity contribution in [2.45, 2.75) is 12.7 Å². The smallest absolute Gasteiger partial charge is 0.365 e. The third kappa shape index (κ3) is 5.70. The first kappa shape index (κ1) is 25.1. The van der Waals surface area contributed by atoms with Gasteiger partial charge in [0.1, 0.15) is 5.82 Å². The second-order valence-corrected chi connectivity index (χ2v) is 8.76. The molecule has 0 radical (unpaired) electrons. The van der Waals surface area contributed by atoms with E-state index in [2.05, 4.69) is 26.0 Å². The first-order chi connectivity index (χ1) is 18.3. The zero-order chi connectivity index (χ0) is 26.7. The number of nitrogens with one attached hydrogen (secondary N) is 3. The van der Waals surface area contributed by atoms with E-state index in [-0.39, 0.29) is 10.8 Å². The number of aryl methyl sites for hydroxylation is 1. The number of nitrogens with zero attached hydrogens (tertiary/aromatic N) is 5. The normalized spacial score (nSPS) is 11.4. The van der Waals surface area contributed by atoms with Crippen molar-refractivity contribution in [1.29, 1.82) is 0 Å². The van der Waals surface area contributed by atoms with Crippen LogP contribution in [0.4, 0.5) is 30.4 Å². The summed E-state index contributed by atoms with van der Waals surface area (Å²) in [6.45, 7) is 0.542. The second-order valence-electron chi connectivity index (χ2n) is 8.35. The molecule has 38 heavy (non-hydrogen) atoms. The summed E-state index contributed by atoms with van der Waals surface area (Å²) in [4.78, 5) is 13.5. The zero-order valence-electron chi connectivity index (χ0n) is 20.0. The Morgan fingerprint density at radius 1 is 0.947 bits per heavy atom.